The van der Waals surface area contributed by atoms with Gasteiger partial charge in [-0.15, -0.1) is 0 Å². The molecule has 1 unspecified atom stereocenters. The highest BCUT2D eigenvalue weighted by atomic mass is 79.9. The normalized spacial score (nSPS) is 20.4. The number of hydrogen-bond donors (Lipinski definition) is 0. The summed E-state index contributed by atoms with van der Waals surface area (Å²) in [6.45, 7) is 2.88. The minimum Gasteiger partial charge on any atom is -0.450 e. The van der Waals surface area contributed by atoms with Crippen LogP contribution in [0, 0.1) is 0 Å². The molecule has 1 amide bonds. The molecule has 0 radical (unpaired) electrons. The Morgan fingerprint density at radius 3 is 2.87 bits per heavy atom. The van der Waals surface area contributed by atoms with Gasteiger partial charge in [-0.2, -0.15) is 0 Å². The summed E-state index contributed by atoms with van der Waals surface area (Å²) < 4.78 is 4.94. The molecule has 1 saturated heterocycles. The van der Waals surface area contributed by atoms with E-state index in [0.29, 0.717) is 24.9 Å². The maximum atomic E-state index is 11.5. The Morgan fingerprint density at radius 1 is 1.53 bits per heavy atom. The van der Waals surface area contributed by atoms with Crippen LogP contribution in [0.15, 0.2) is 0 Å². The third-order valence-electron chi connectivity index (χ3n) is 2.49. The molecular weight excluding hydrogens is 262 g/mol. The first-order valence-electron chi connectivity index (χ1n) is 5.20. The molecule has 1 rings (SSSR count). The molecule has 0 aromatic rings. The molecule has 1 atom stereocenters. The Labute approximate surface area is 98.1 Å². The van der Waals surface area contributed by atoms with Crippen molar-refractivity contribution in [1.29, 1.82) is 0 Å². The summed E-state index contributed by atoms with van der Waals surface area (Å²) in [5.41, 5.74) is 0. The van der Waals surface area contributed by atoms with Gasteiger partial charge in [-0.25, -0.2) is 4.79 Å². The summed E-state index contributed by atoms with van der Waals surface area (Å²) in [6, 6.07) is 0.0362. The maximum Gasteiger partial charge on any atom is 0.410 e. The van der Waals surface area contributed by atoms with Crippen molar-refractivity contribution in [2.24, 2.45) is 0 Å². The van der Waals surface area contributed by atoms with Crippen molar-refractivity contribution in [2.75, 3.05) is 18.5 Å². The van der Waals surface area contributed by atoms with E-state index in [1.54, 1.807) is 11.8 Å². The lowest BCUT2D eigenvalue weighted by atomic mass is 10.1. The molecule has 1 heterocycles. The van der Waals surface area contributed by atoms with E-state index in [4.69, 9.17) is 4.74 Å². The van der Waals surface area contributed by atoms with Gasteiger partial charge in [0.15, 0.2) is 0 Å². The van der Waals surface area contributed by atoms with Crippen LogP contribution in [-0.4, -0.2) is 41.3 Å². The van der Waals surface area contributed by atoms with Crippen LogP contribution in [-0.2, 0) is 9.53 Å². The van der Waals surface area contributed by atoms with Crippen molar-refractivity contribution in [3.05, 3.63) is 0 Å². The van der Waals surface area contributed by atoms with Crippen molar-refractivity contribution in [3.8, 4) is 0 Å². The number of halogens is 1. The molecule has 1 aliphatic heterocycles. The second-order valence-corrected chi connectivity index (χ2v) is 4.13. The third kappa shape index (κ3) is 3.48. The summed E-state index contributed by atoms with van der Waals surface area (Å²) in [7, 11) is 0. The highest BCUT2D eigenvalue weighted by Gasteiger charge is 2.30. The van der Waals surface area contributed by atoms with Crippen LogP contribution in [0.2, 0.25) is 0 Å². The molecule has 0 saturated carbocycles. The number of rotatable bonds is 4. The van der Waals surface area contributed by atoms with Crippen molar-refractivity contribution >= 4 is 27.8 Å². The van der Waals surface area contributed by atoms with Crippen LogP contribution >= 0.6 is 15.9 Å². The lowest BCUT2D eigenvalue weighted by molar-refractivity contribution is -0.117. The van der Waals surface area contributed by atoms with E-state index in [2.05, 4.69) is 15.9 Å². The first-order chi connectivity index (χ1) is 7.19. The molecule has 0 aliphatic carbocycles. The first-order valence-corrected chi connectivity index (χ1v) is 6.32. The predicted octanol–water partition coefficient (Wildman–Crippen LogP) is 1.96. The van der Waals surface area contributed by atoms with Gasteiger partial charge in [0.1, 0.15) is 5.78 Å². The second-order valence-electron chi connectivity index (χ2n) is 3.56. The molecule has 5 heteroatoms. The molecule has 1 aliphatic rings. The topological polar surface area (TPSA) is 46.6 Å². The van der Waals surface area contributed by atoms with E-state index >= 15 is 0 Å². The summed E-state index contributed by atoms with van der Waals surface area (Å²) in [5, 5.41) is 0.361. The number of Topliss-reactive ketones (excluding diaryl/α,β-unsaturated/α-hetero) is 1. The maximum absolute atomic E-state index is 11.5. The molecule has 0 aromatic carbocycles. The zero-order chi connectivity index (χ0) is 11.3. The van der Waals surface area contributed by atoms with Crippen molar-refractivity contribution < 1.29 is 14.3 Å². The van der Waals surface area contributed by atoms with Crippen LogP contribution in [0.1, 0.15) is 26.2 Å². The Kier molecular flexibility index (Phi) is 5.08. The van der Waals surface area contributed by atoms with Crippen LogP contribution in [0.3, 0.4) is 0 Å². The molecular formula is C10H16BrNO3. The Morgan fingerprint density at radius 2 is 2.27 bits per heavy atom. The summed E-state index contributed by atoms with van der Waals surface area (Å²) in [4.78, 5) is 24.4. The van der Waals surface area contributed by atoms with Gasteiger partial charge in [0, 0.05) is 19.0 Å². The average molecular weight is 278 g/mol. The van der Waals surface area contributed by atoms with Gasteiger partial charge in [0.05, 0.1) is 11.9 Å². The van der Waals surface area contributed by atoms with E-state index in [1.165, 1.54) is 0 Å². The van der Waals surface area contributed by atoms with Crippen molar-refractivity contribution in [1.82, 2.24) is 4.90 Å². The van der Waals surface area contributed by atoms with Crippen LogP contribution in [0.4, 0.5) is 4.79 Å². The van der Waals surface area contributed by atoms with Gasteiger partial charge >= 0.3 is 6.09 Å². The number of ether oxygens (including phenoxy) is 1. The number of hydrogen-bond acceptors (Lipinski definition) is 3. The standard InChI is InChI=1S/C10H16BrNO3/c1-2-15-10(14)12-5-3-4-8(12)6-9(13)7-11/h8H,2-7H2,1H3. The van der Waals surface area contributed by atoms with Crippen LogP contribution < -0.4 is 0 Å². The van der Waals surface area contributed by atoms with Gasteiger partial charge in [0.2, 0.25) is 0 Å². The fraction of sp³-hybridized carbons (Fsp3) is 0.800. The zero-order valence-corrected chi connectivity index (χ0v) is 10.5. The predicted molar refractivity (Wildman–Crippen MR) is 60.2 cm³/mol. The molecule has 0 aromatic heterocycles. The smallest absolute Gasteiger partial charge is 0.410 e. The highest BCUT2D eigenvalue weighted by Crippen LogP contribution is 2.21. The number of nitrogens with zero attached hydrogens (tertiary/aromatic N) is 1. The van der Waals surface area contributed by atoms with E-state index < -0.39 is 0 Å². The lowest BCUT2D eigenvalue weighted by Gasteiger charge is -2.22. The lowest BCUT2D eigenvalue weighted by Crippen LogP contribution is -2.37. The van der Waals surface area contributed by atoms with Crippen molar-refractivity contribution in [2.45, 2.75) is 32.2 Å². The molecule has 4 nitrogen and oxygen atoms in total. The van der Waals surface area contributed by atoms with Gasteiger partial charge in [-0.1, -0.05) is 15.9 Å². The van der Waals surface area contributed by atoms with E-state index in [9.17, 15) is 9.59 Å². The Balaban J connectivity index is 2.49. The van der Waals surface area contributed by atoms with E-state index in [0.717, 1.165) is 12.8 Å². The average Bonchev–Trinajstić information content (AvgIpc) is 2.66. The second kappa shape index (κ2) is 6.10. The number of amides is 1. The molecule has 86 valence electrons. The van der Waals surface area contributed by atoms with E-state index in [-0.39, 0.29) is 17.9 Å². The quantitative estimate of drug-likeness (QED) is 0.738. The largest absolute Gasteiger partial charge is 0.450 e. The minimum atomic E-state index is -0.289. The zero-order valence-electron chi connectivity index (χ0n) is 8.87. The van der Waals surface area contributed by atoms with Crippen LogP contribution in [0.25, 0.3) is 0 Å². The van der Waals surface area contributed by atoms with Gasteiger partial charge < -0.3 is 9.64 Å². The van der Waals surface area contributed by atoms with Crippen LogP contribution in [0.5, 0.6) is 0 Å². The number of carbonyl (C=O) groups excluding carboxylic acids is 2. The fourth-order valence-corrected chi connectivity index (χ4v) is 2.04. The number of carbonyl (C=O) groups is 2. The number of ketones is 1. The Hall–Kier alpha value is -0.580. The van der Waals surface area contributed by atoms with Crippen molar-refractivity contribution in [3.63, 3.8) is 0 Å². The molecule has 0 spiro atoms. The monoisotopic (exact) mass is 277 g/mol. The molecule has 0 N–H and O–H groups in total. The fourth-order valence-electron chi connectivity index (χ4n) is 1.81. The third-order valence-corrected chi connectivity index (χ3v) is 3.12. The molecule has 1 fully saturated rings. The van der Waals surface area contributed by atoms with E-state index in [1.807, 2.05) is 0 Å². The number of alkyl halides is 1. The number of likely N-dealkylation sites (tertiary alicyclic amines) is 1. The van der Waals surface area contributed by atoms with Gasteiger partial charge in [0.25, 0.3) is 0 Å². The Bertz CT molecular complexity index is 245. The minimum absolute atomic E-state index is 0.0362. The van der Waals surface area contributed by atoms with Gasteiger partial charge in [-0.05, 0) is 19.8 Å². The summed E-state index contributed by atoms with van der Waals surface area (Å²) in [6.07, 6.45) is 2.00. The SMILES string of the molecule is CCOC(=O)N1CCCC1CC(=O)CBr. The highest BCUT2D eigenvalue weighted by molar-refractivity contribution is 9.09. The first kappa shape index (κ1) is 12.5. The molecule has 0 bridgehead atoms. The molecule has 15 heavy (non-hydrogen) atoms. The van der Waals surface area contributed by atoms with Gasteiger partial charge in [-0.3, -0.25) is 4.79 Å². The summed E-state index contributed by atoms with van der Waals surface area (Å²) >= 11 is 3.13. The summed E-state index contributed by atoms with van der Waals surface area (Å²) in [5.74, 6) is 0.135.